The highest BCUT2D eigenvalue weighted by atomic mass is 79.9. The second-order valence-electron chi connectivity index (χ2n) is 3.64. The third kappa shape index (κ3) is 6.28. The van der Waals surface area contributed by atoms with Gasteiger partial charge in [0.05, 0.1) is 19.5 Å². The maximum absolute atomic E-state index is 12.8. The van der Waals surface area contributed by atoms with E-state index in [1.54, 1.807) is 18.2 Å². The van der Waals surface area contributed by atoms with Gasteiger partial charge in [-0.15, -0.1) is 12.4 Å². The highest BCUT2D eigenvalue weighted by molar-refractivity contribution is 9.10. The van der Waals surface area contributed by atoms with Crippen LogP contribution in [0.25, 0.3) is 0 Å². The third-order valence-corrected chi connectivity index (χ3v) is 2.59. The van der Waals surface area contributed by atoms with E-state index in [9.17, 15) is 13.6 Å². The summed E-state index contributed by atoms with van der Waals surface area (Å²) in [4.78, 5) is 11.4. The van der Waals surface area contributed by atoms with Crippen molar-refractivity contribution < 1.29 is 13.6 Å². The lowest BCUT2D eigenvalue weighted by Gasteiger charge is -2.14. The van der Waals surface area contributed by atoms with E-state index in [1.807, 2.05) is 6.07 Å². The van der Waals surface area contributed by atoms with Crippen molar-refractivity contribution in [2.75, 3.05) is 13.1 Å². The molecule has 0 saturated heterocycles. The third-order valence-electron chi connectivity index (χ3n) is 2.10. The van der Waals surface area contributed by atoms with Crippen molar-refractivity contribution in [3.63, 3.8) is 0 Å². The SMILES string of the molecule is Cl.NCC(F)(F)CNC(=O)Cc1cccc(Br)c1. The van der Waals surface area contributed by atoms with Crippen LogP contribution in [-0.2, 0) is 11.2 Å². The second-order valence-corrected chi connectivity index (χ2v) is 4.56. The largest absolute Gasteiger partial charge is 0.350 e. The molecule has 0 radical (unpaired) electrons. The lowest BCUT2D eigenvalue weighted by molar-refractivity contribution is -0.122. The topological polar surface area (TPSA) is 55.1 Å². The smallest absolute Gasteiger partial charge is 0.277 e. The number of hydrogen-bond donors (Lipinski definition) is 2. The Morgan fingerprint density at radius 1 is 1.44 bits per heavy atom. The predicted molar refractivity (Wildman–Crippen MR) is 72.1 cm³/mol. The summed E-state index contributed by atoms with van der Waals surface area (Å²) in [6.07, 6.45) is 0.0695. The van der Waals surface area contributed by atoms with Gasteiger partial charge in [0.25, 0.3) is 5.92 Å². The van der Waals surface area contributed by atoms with Gasteiger partial charge in [0.15, 0.2) is 0 Å². The van der Waals surface area contributed by atoms with E-state index in [2.05, 4.69) is 21.2 Å². The molecule has 1 aromatic carbocycles. The highest BCUT2D eigenvalue weighted by Gasteiger charge is 2.26. The Kier molecular flexibility index (Phi) is 7.35. The summed E-state index contributed by atoms with van der Waals surface area (Å²) >= 11 is 3.27. The number of benzene rings is 1. The minimum absolute atomic E-state index is 0. The second kappa shape index (κ2) is 7.66. The van der Waals surface area contributed by atoms with Crippen molar-refractivity contribution in [1.82, 2.24) is 5.32 Å². The zero-order chi connectivity index (χ0) is 12.9. The number of amides is 1. The van der Waals surface area contributed by atoms with Crippen molar-refractivity contribution >= 4 is 34.2 Å². The number of carbonyl (C=O) groups is 1. The summed E-state index contributed by atoms with van der Waals surface area (Å²) < 4.78 is 26.4. The molecular weight excluding hydrogens is 329 g/mol. The summed E-state index contributed by atoms with van der Waals surface area (Å²) in [5, 5.41) is 2.16. The van der Waals surface area contributed by atoms with Crippen LogP contribution in [0, 0.1) is 0 Å². The van der Waals surface area contributed by atoms with E-state index in [0.717, 1.165) is 10.0 Å². The molecule has 0 aliphatic heterocycles. The maximum Gasteiger partial charge on any atom is 0.277 e. The van der Waals surface area contributed by atoms with E-state index in [-0.39, 0.29) is 18.8 Å². The van der Waals surface area contributed by atoms with Crippen LogP contribution in [0.3, 0.4) is 0 Å². The van der Waals surface area contributed by atoms with Gasteiger partial charge in [0, 0.05) is 4.47 Å². The number of nitrogens with two attached hydrogens (primary N) is 1. The molecule has 0 heterocycles. The van der Waals surface area contributed by atoms with Crippen LogP contribution in [0.2, 0.25) is 0 Å². The summed E-state index contributed by atoms with van der Waals surface area (Å²) in [6, 6.07) is 7.12. The van der Waals surface area contributed by atoms with Crippen LogP contribution < -0.4 is 11.1 Å². The first-order valence-electron chi connectivity index (χ1n) is 5.02. The van der Waals surface area contributed by atoms with Gasteiger partial charge in [-0.3, -0.25) is 4.79 Å². The molecule has 0 saturated carbocycles. The van der Waals surface area contributed by atoms with E-state index < -0.39 is 24.9 Å². The molecular formula is C11H14BrClF2N2O. The van der Waals surface area contributed by atoms with Crippen molar-refractivity contribution in [2.45, 2.75) is 12.3 Å². The summed E-state index contributed by atoms with van der Waals surface area (Å²) in [5.41, 5.74) is 5.61. The Balaban J connectivity index is 0.00000289. The van der Waals surface area contributed by atoms with Gasteiger partial charge in [-0.2, -0.15) is 0 Å². The molecule has 0 aromatic heterocycles. The molecule has 0 atom stereocenters. The van der Waals surface area contributed by atoms with Crippen LogP contribution >= 0.6 is 28.3 Å². The van der Waals surface area contributed by atoms with Crippen LogP contribution in [0.15, 0.2) is 28.7 Å². The molecule has 0 fully saturated rings. The molecule has 18 heavy (non-hydrogen) atoms. The van der Waals surface area contributed by atoms with Gasteiger partial charge in [-0.25, -0.2) is 8.78 Å². The van der Waals surface area contributed by atoms with Gasteiger partial charge < -0.3 is 11.1 Å². The molecule has 3 nitrogen and oxygen atoms in total. The molecule has 7 heteroatoms. The molecule has 102 valence electrons. The van der Waals surface area contributed by atoms with Crippen LogP contribution in [0.4, 0.5) is 8.78 Å². The summed E-state index contributed by atoms with van der Waals surface area (Å²) in [6.45, 7) is -1.50. The van der Waals surface area contributed by atoms with Crippen molar-refractivity contribution in [3.05, 3.63) is 34.3 Å². The maximum atomic E-state index is 12.8. The molecule has 1 aromatic rings. The van der Waals surface area contributed by atoms with Crippen LogP contribution in [0.1, 0.15) is 5.56 Å². The Bertz CT molecular complexity index is 404. The van der Waals surface area contributed by atoms with Crippen molar-refractivity contribution in [3.8, 4) is 0 Å². The Morgan fingerprint density at radius 3 is 2.67 bits per heavy atom. The Morgan fingerprint density at radius 2 is 2.11 bits per heavy atom. The van der Waals surface area contributed by atoms with E-state index >= 15 is 0 Å². The number of carbonyl (C=O) groups excluding carboxylic acids is 1. The fraction of sp³-hybridized carbons (Fsp3) is 0.364. The first kappa shape index (κ1) is 17.3. The standard InChI is InChI=1S/C11H13BrF2N2O.ClH/c12-9-3-1-2-8(4-9)5-10(17)16-7-11(13,14)6-15;/h1-4H,5-7,15H2,(H,16,17);1H. The molecule has 0 bridgehead atoms. The highest BCUT2D eigenvalue weighted by Crippen LogP contribution is 2.12. The van der Waals surface area contributed by atoms with Crippen LogP contribution in [0.5, 0.6) is 0 Å². The molecule has 0 spiro atoms. The number of hydrogen-bond acceptors (Lipinski definition) is 2. The molecule has 1 rings (SSSR count). The van der Waals surface area contributed by atoms with Gasteiger partial charge in [-0.05, 0) is 17.7 Å². The molecule has 0 unspecified atom stereocenters. The van der Waals surface area contributed by atoms with Gasteiger partial charge in [0.1, 0.15) is 0 Å². The Labute approximate surface area is 119 Å². The van der Waals surface area contributed by atoms with Crippen molar-refractivity contribution in [2.24, 2.45) is 5.73 Å². The molecule has 0 aliphatic carbocycles. The van der Waals surface area contributed by atoms with E-state index in [1.165, 1.54) is 0 Å². The Hall–Kier alpha value is -0.720. The zero-order valence-corrected chi connectivity index (χ0v) is 11.9. The molecule has 3 N–H and O–H groups in total. The number of alkyl halides is 2. The van der Waals surface area contributed by atoms with E-state index in [0.29, 0.717) is 0 Å². The normalized spacial score (nSPS) is 10.7. The van der Waals surface area contributed by atoms with Gasteiger partial charge in [-0.1, -0.05) is 28.1 Å². The monoisotopic (exact) mass is 342 g/mol. The van der Waals surface area contributed by atoms with Gasteiger partial charge >= 0.3 is 0 Å². The fourth-order valence-electron chi connectivity index (χ4n) is 1.19. The number of rotatable bonds is 5. The minimum atomic E-state index is -3.05. The average molecular weight is 344 g/mol. The lowest BCUT2D eigenvalue weighted by Crippen LogP contribution is -2.42. The quantitative estimate of drug-likeness (QED) is 0.860. The zero-order valence-electron chi connectivity index (χ0n) is 9.46. The summed E-state index contributed by atoms with van der Waals surface area (Å²) in [5.74, 6) is -3.50. The molecule has 0 aliphatic rings. The lowest BCUT2D eigenvalue weighted by atomic mass is 10.1. The number of nitrogens with one attached hydrogen (secondary N) is 1. The average Bonchev–Trinajstić information content (AvgIpc) is 2.27. The summed E-state index contributed by atoms with van der Waals surface area (Å²) in [7, 11) is 0. The minimum Gasteiger partial charge on any atom is -0.350 e. The first-order valence-corrected chi connectivity index (χ1v) is 5.81. The van der Waals surface area contributed by atoms with Gasteiger partial charge in [0.2, 0.25) is 5.91 Å². The first-order chi connectivity index (χ1) is 7.93. The van der Waals surface area contributed by atoms with Crippen molar-refractivity contribution in [1.29, 1.82) is 0 Å². The molecule has 1 amide bonds. The van der Waals surface area contributed by atoms with E-state index in [4.69, 9.17) is 5.73 Å². The van der Waals surface area contributed by atoms with Crippen LogP contribution in [-0.4, -0.2) is 24.9 Å². The predicted octanol–water partition coefficient (Wildman–Crippen LogP) is 2.12. The fourth-order valence-corrected chi connectivity index (χ4v) is 1.64. The number of halogens is 4.